The molecule has 2 aromatic rings. The number of rotatable bonds is 2. The molecule has 1 aromatic heterocycles. The van der Waals surface area contributed by atoms with Crippen LogP contribution in [-0.2, 0) is 0 Å². The van der Waals surface area contributed by atoms with Crippen LogP contribution in [0.15, 0.2) is 33.7 Å². The molecule has 1 heterocycles. The molecule has 3 nitrogen and oxygen atoms in total. The Hall–Kier alpha value is -1.04. The maximum Gasteiger partial charge on any atom is 0.302 e. The first-order chi connectivity index (χ1) is 8.95. The van der Waals surface area contributed by atoms with Gasteiger partial charge in [-0.1, -0.05) is 23.2 Å². The second-order valence-electron chi connectivity index (χ2n) is 3.60. The van der Waals surface area contributed by atoms with E-state index in [1.165, 1.54) is 25.4 Å². The van der Waals surface area contributed by atoms with Gasteiger partial charge in [-0.3, -0.25) is 4.79 Å². The molecule has 0 saturated heterocycles. The fraction of sp³-hybridized carbons (Fsp3) is 0.0833. The van der Waals surface area contributed by atoms with E-state index in [2.05, 4.69) is 15.9 Å². The summed E-state index contributed by atoms with van der Waals surface area (Å²) >= 11 is 15.3. The summed E-state index contributed by atoms with van der Waals surface area (Å²) in [5.41, 5.74) is 0.327. The van der Waals surface area contributed by atoms with Crippen LogP contribution in [0.5, 0.6) is 0 Å². The van der Waals surface area contributed by atoms with Gasteiger partial charge in [0.05, 0.1) is 11.2 Å². The smallest absolute Gasteiger partial charge is 0.302 e. The Balaban J connectivity index is 2.76. The molecule has 0 N–H and O–H groups in total. The molecule has 0 aliphatic carbocycles. The Morgan fingerprint density at radius 2 is 2.05 bits per heavy atom. The van der Waals surface area contributed by atoms with Crippen molar-refractivity contribution in [2.24, 2.45) is 0 Å². The van der Waals surface area contributed by atoms with Crippen LogP contribution in [-0.4, -0.2) is 11.8 Å². The Bertz CT molecular complexity index is 703. The van der Waals surface area contributed by atoms with Gasteiger partial charge in [0.15, 0.2) is 0 Å². The summed E-state index contributed by atoms with van der Waals surface area (Å²) in [6, 6.07) is 3.85. The number of hydrogen-bond donors (Lipinski definition) is 0. The third-order valence-corrected chi connectivity index (χ3v) is 3.74. The predicted molar refractivity (Wildman–Crippen MR) is 76.3 cm³/mol. The fourth-order valence-electron chi connectivity index (χ4n) is 1.61. The van der Waals surface area contributed by atoms with Crippen molar-refractivity contribution in [1.82, 2.24) is 4.73 Å². The predicted octanol–water partition coefficient (Wildman–Crippen LogP) is 3.78. The molecule has 0 bridgehead atoms. The molecule has 0 saturated carbocycles. The van der Waals surface area contributed by atoms with E-state index in [1.54, 1.807) is 0 Å². The van der Waals surface area contributed by atoms with E-state index in [4.69, 9.17) is 28.0 Å². The molecule has 0 spiro atoms. The first-order valence-electron chi connectivity index (χ1n) is 5.06. The van der Waals surface area contributed by atoms with E-state index in [1.807, 2.05) is 0 Å². The lowest BCUT2D eigenvalue weighted by Gasteiger charge is -2.12. The van der Waals surface area contributed by atoms with Gasteiger partial charge >= 0.3 is 5.56 Å². The van der Waals surface area contributed by atoms with E-state index in [0.717, 1.165) is 10.8 Å². The topological polar surface area (TPSA) is 31.2 Å². The SMILES string of the molecule is COn1cc(Br)c(-c2ccc(F)cc2Cl)c(Cl)c1=O. The Labute approximate surface area is 126 Å². The number of nitrogens with zero attached hydrogens (tertiary/aromatic N) is 1. The van der Waals surface area contributed by atoms with Crippen molar-refractivity contribution >= 4 is 39.1 Å². The van der Waals surface area contributed by atoms with Crippen LogP contribution >= 0.6 is 39.1 Å². The largest absolute Gasteiger partial charge is 0.414 e. The summed E-state index contributed by atoms with van der Waals surface area (Å²) in [6.45, 7) is 0. The van der Waals surface area contributed by atoms with Crippen molar-refractivity contribution < 1.29 is 9.23 Å². The van der Waals surface area contributed by atoms with Crippen molar-refractivity contribution in [2.75, 3.05) is 7.11 Å². The van der Waals surface area contributed by atoms with E-state index in [9.17, 15) is 9.18 Å². The lowest BCUT2D eigenvalue weighted by atomic mass is 10.1. The second kappa shape index (κ2) is 5.53. The zero-order valence-corrected chi connectivity index (χ0v) is 12.7. The normalized spacial score (nSPS) is 10.6. The van der Waals surface area contributed by atoms with E-state index in [0.29, 0.717) is 15.6 Å². The van der Waals surface area contributed by atoms with Crippen LogP contribution in [0.4, 0.5) is 4.39 Å². The Morgan fingerprint density at radius 1 is 1.37 bits per heavy atom. The number of aromatic nitrogens is 1. The summed E-state index contributed by atoms with van der Waals surface area (Å²) < 4.78 is 14.5. The van der Waals surface area contributed by atoms with Crippen LogP contribution in [0, 0.1) is 5.82 Å². The summed E-state index contributed by atoms with van der Waals surface area (Å²) in [7, 11) is 1.34. The van der Waals surface area contributed by atoms with Crippen LogP contribution in [0.2, 0.25) is 10.0 Å². The third kappa shape index (κ3) is 2.63. The first-order valence-corrected chi connectivity index (χ1v) is 6.61. The molecule has 19 heavy (non-hydrogen) atoms. The van der Waals surface area contributed by atoms with E-state index < -0.39 is 11.4 Å². The van der Waals surface area contributed by atoms with Gasteiger partial charge in [-0.2, -0.15) is 4.73 Å². The molecule has 0 amide bonds. The maximum absolute atomic E-state index is 13.0. The highest BCUT2D eigenvalue weighted by Crippen LogP contribution is 2.37. The molecular weight excluding hydrogens is 360 g/mol. The monoisotopic (exact) mass is 365 g/mol. The average molecular weight is 367 g/mol. The molecule has 0 fully saturated rings. The third-order valence-electron chi connectivity index (χ3n) is 2.47. The van der Waals surface area contributed by atoms with Crippen LogP contribution in [0.1, 0.15) is 0 Å². The average Bonchev–Trinajstić information content (AvgIpc) is 2.36. The van der Waals surface area contributed by atoms with Gasteiger partial charge in [0.1, 0.15) is 17.9 Å². The van der Waals surface area contributed by atoms with Gasteiger partial charge in [0.25, 0.3) is 0 Å². The van der Waals surface area contributed by atoms with Crippen molar-refractivity contribution in [1.29, 1.82) is 0 Å². The summed E-state index contributed by atoms with van der Waals surface area (Å²) in [5.74, 6) is -0.466. The molecule has 7 heteroatoms. The maximum atomic E-state index is 13.0. The lowest BCUT2D eigenvalue weighted by Crippen LogP contribution is -2.25. The molecule has 0 aliphatic heterocycles. The molecular formula is C12H7BrCl2FNO2. The molecule has 0 aliphatic rings. The quantitative estimate of drug-likeness (QED) is 0.809. The Kier molecular flexibility index (Phi) is 4.18. The molecule has 0 unspecified atom stereocenters. The van der Waals surface area contributed by atoms with Gasteiger partial charge in [-0.05, 0) is 34.1 Å². The number of pyridine rings is 1. The number of hydrogen-bond acceptors (Lipinski definition) is 2. The minimum Gasteiger partial charge on any atom is -0.414 e. The van der Waals surface area contributed by atoms with Crippen LogP contribution in [0.25, 0.3) is 11.1 Å². The zero-order valence-electron chi connectivity index (χ0n) is 9.58. The first kappa shape index (κ1) is 14.4. The molecule has 0 atom stereocenters. The van der Waals surface area contributed by atoms with Crippen molar-refractivity contribution in [3.63, 3.8) is 0 Å². The standard InChI is InChI=1S/C12H7BrCl2FNO2/c1-19-17-5-8(13)10(11(15)12(17)18)7-3-2-6(16)4-9(7)14/h2-5H,1H3. The highest BCUT2D eigenvalue weighted by atomic mass is 79.9. The zero-order chi connectivity index (χ0) is 14.2. The van der Waals surface area contributed by atoms with Crippen molar-refractivity contribution in [3.8, 4) is 11.1 Å². The van der Waals surface area contributed by atoms with Crippen molar-refractivity contribution in [2.45, 2.75) is 0 Å². The molecule has 2 rings (SSSR count). The van der Waals surface area contributed by atoms with E-state index >= 15 is 0 Å². The number of benzene rings is 1. The highest BCUT2D eigenvalue weighted by molar-refractivity contribution is 9.10. The second-order valence-corrected chi connectivity index (χ2v) is 5.24. The van der Waals surface area contributed by atoms with Gasteiger partial charge in [-0.15, -0.1) is 0 Å². The van der Waals surface area contributed by atoms with Gasteiger partial charge in [0, 0.05) is 15.6 Å². The van der Waals surface area contributed by atoms with Crippen molar-refractivity contribution in [3.05, 3.63) is 55.1 Å². The fourth-order valence-corrected chi connectivity index (χ4v) is 2.87. The molecule has 0 radical (unpaired) electrons. The summed E-state index contributed by atoms with van der Waals surface area (Å²) in [6.07, 6.45) is 1.42. The van der Waals surface area contributed by atoms with Gasteiger partial charge in [-0.25, -0.2) is 4.39 Å². The van der Waals surface area contributed by atoms with Gasteiger partial charge in [0.2, 0.25) is 0 Å². The summed E-state index contributed by atoms with van der Waals surface area (Å²) in [5, 5.41) is 0.0990. The lowest BCUT2D eigenvalue weighted by molar-refractivity contribution is 0.157. The Morgan fingerprint density at radius 3 is 2.63 bits per heavy atom. The highest BCUT2D eigenvalue weighted by Gasteiger charge is 2.17. The minimum atomic E-state index is -0.525. The van der Waals surface area contributed by atoms with Crippen LogP contribution in [0.3, 0.4) is 0 Å². The van der Waals surface area contributed by atoms with Crippen LogP contribution < -0.4 is 10.4 Å². The van der Waals surface area contributed by atoms with E-state index in [-0.39, 0.29) is 10.0 Å². The number of halogens is 4. The van der Waals surface area contributed by atoms with Gasteiger partial charge < -0.3 is 4.84 Å². The summed E-state index contributed by atoms with van der Waals surface area (Å²) in [4.78, 5) is 16.7. The molecule has 1 aromatic carbocycles. The minimum absolute atomic E-state index is 0.0651. The molecule has 100 valence electrons.